The molecule has 1 aliphatic rings. The predicted molar refractivity (Wildman–Crippen MR) is 83.1 cm³/mol. The molecule has 0 bridgehead atoms. The molecule has 1 saturated carbocycles. The lowest BCUT2D eigenvalue weighted by molar-refractivity contribution is 0.181. The maximum atomic E-state index is 5.21. The lowest BCUT2D eigenvalue weighted by Crippen LogP contribution is -2.30. The molecule has 1 aliphatic carbocycles. The van der Waals surface area contributed by atoms with Gasteiger partial charge in [0.25, 0.3) is 0 Å². The Hall–Kier alpha value is -1.19. The molecule has 1 aromatic carbocycles. The lowest BCUT2D eigenvalue weighted by atomic mass is 9.70. The Bertz CT molecular complexity index is 543. The van der Waals surface area contributed by atoms with Crippen molar-refractivity contribution in [3.63, 3.8) is 0 Å². The number of rotatable bonds is 4. The molecule has 3 rings (SSSR count). The Morgan fingerprint density at radius 3 is 2.60 bits per heavy atom. The van der Waals surface area contributed by atoms with Crippen LogP contribution in [0.3, 0.4) is 0 Å². The minimum absolute atomic E-state index is 0.135. The van der Waals surface area contributed by atoms with Gasteiger partial charge in [0.2, 0.25) is 0 Å². The highest BCUT2D eigenvalue weighted by atomic mass is 32.1. The van der Waals surface area contributed by atoms with Crippen LogP contribution in [0.1, 0.15) is 48.4 Å². The van der Waals surface area contributed by atoms with Crippen LogP contribution in [-0.4, -0.2) is 12.1 Å². The Labute approximate surface area is 124 Å². The molecule has 1 heterocycles. The van der Waals surface area contributed by atoms with Crippen LogP contribution in [-0.2, 0) is 16.8 Å². The third-order valence-electron chi connectivity index (χ3n) is 4.29. The van der Waals surface area contributed by atoms with Gasteiger partial charge in [-0.1, -0.05) is 49.6 Å². The van der Waals surface area contributed by atoms with Crippen LogP contribution in [0.5, 0.6) is 0 Å². The highest BCUT2D eigenvalue weighted by Crippen LogP contribution is 2.45. The number of nitrogens with zero attached hydrogens (tertiary/aromatic N) is 1. The van der Waals surface area contributed by atoms with E-state index in [4.69, 9.17) is 9.72 Å². The van der Waals surface area contributed by atoms with E-state index in [1.54, 1.807) is 18.4 Å². The lowest BCUT2D eigenvalue weighted by Gasteiger charge is -2.36. The van der Waals surface area contributed by atoms with Crippen LogP contribution in [0.25, 0.3) is 0 Å². The van der Waals surface area contributed by atoms with E-state index in [-0.39, 0.29) is 5.41 Å². The van der Waals surface area contributed by atoms with Crippen molar-refractivity contribution in [1.82, 2.24) is 4.98 Å². The first-order valence-corrected chi connectivity index (χ1v) is 8.22. The molecular formula is C17H21NOS. The van der Waals surface area contributed by atoms with Crippen LogP contribution in [0, 0.1) is 0 Å². The van der Waals surface area contributed by atoms with Gasteiger partial charge in [0.1, 0.15) is 5.01 Å². The normalized spacial score (nSPS) is 18.1. The van der Waals surface area contributed by atoms with Crippen molar-refractivity contribution < 1.29 is 4.74 Å². The van der Waals surface area contributed by atoms with Crippen LogP contribution in [0.15, 0.2) is 35.7 Å². The topological polar surface area (TPSA) is 22.1 Å². The van der Waals surface area contributed by atoms with Gasteiger partial charge in [0.05, 0.1) is 12.3 Å². The number of hydrogen-bond donors (Lipinski definition) is 0. The van der Waals surface area contributed by atoms with Gasteiger partial charge in [-0.05, 0) is 18.4 Å². The fourth-order valence-corrected chi connectivity index (χ4v) is 4.37. The summed E-state index contributed by atoms with van der Waals surface area (Å²) in [4.78, 5) is 4.87. The summed E-state index contributed by atoms with van der Waals surface area (Å²) in [6, 6.07) is 10.9. The van der Waals surface area contributed by atoms with Gasteiger partial charge in [-0.15, -0.1) is 11.3 Å². The number of thiazole rings is 1. The first kappa shape index (κ1) is 13.8. The zero-order valence-electron chi connectivity index (χ0n) is 12.0. The van der Waals surface area contributed by atoms with Crippen molar-refractivity contribution in [2.45, 2.75) is 44.1 Å². The van der Waals surface area contributed by atoms with E-state index < -0.39 is 0 Å². The standard InChI is InChI=1S/C17H21NOS/c1-19-12-15-13-20-16(18-15)17(10-6-3-7-11-17)14-8-4-2-5-9-14/h2,4-5,8-9,13H,3,6-7,10-12H2,1H3. The van der Waals surface area contributed by atoms with Crippen molar-refractivity contribution in [1.29, 1.82) is 0 Å². The molecule has 2 aromatic rings. The second-order valence-electron chi connectivity index (χ2n) is 5.59. The molecule has 0 unspecified atom stereocenters. The van der Waals surface area contributed by atoms with Gasteiger partial charge in [-0.25, -0.2) is 4.98 Å². The number of methoxy groups -OCH3 is 1. The zero-order chi connectivity index (χ0) is 13.8. The Kier molecular flexibility index (Phi) is 4.18. The van der Waals surface area contributed by atoms with Crippen LogP contribution >= 0.6 is 11.3 Å². The molecule has 0 saturated heterocycles. The summed E-state index contributed by atoms with van der Waals surface area (Å²) < 4.78 is 5.21. The van der Waals surface area contributed by atoms with Gasteiger partial charge in [-0.3, -0.25) is 0 Å². The summed E-state index contributed by atoms with van der Waals surface area (Å²) in [5.41, 5.74) is 2.63. The number of ether oxygens (including phenoxy) is 1. The fourth-order valence-electron chi connectivity index (χ4n) is 3.28. The summed E-state index contributed by atoms with van der Waals surface area (Å²) in [7, 11) is 1.73. The van der Waals surface area contributed by atoms with E-state index >= 15 is 0 Å². The monoisotopic (exact) mass is 287 g/mol. The summed E-state index contributed by atoms with van der Waals surface area (Å²) in [5, 5.41) is 3.42. The van der Waals surface area contributed by atoms with Crippen molar-refractivity contribution in [3.8, 4) is 0 Å². The third kappa shape index (κ3) is 2.52. The molecule has 0 amide bonds. The minimum Gasteiger partial charge on any atom is -0.378 e. The largest absolute Gasteiger partial charge is 0.378 e. The number of hydrogen-bond acceptors (Lipinski definition) is 3. The summed E-state index contributed by atoms with van der Waals surface area (Å²) >= 11 is 1.80. The first-order chi connectivity index (χ1) is 9.85. The average molecular weight is 287 g/mol. The van der Waals surface area contributed by atoms with Crippen LogP contribution in [0.2, 0.25) is 0 Å². The van der Waals surface area contributed by atoms with Crippen molar-refractivity contribution in [2.24, 2.45) is 0 Å². The van der Waals surface area contributed by atoms with Gasteiger partial charge in [0, 0.05) is 17.9 Å². The Morgan fingerprint density at radius 1 is 1.15 bits per heavy atom. The molecule has 0 N–H and O–H groups in total. The summed E-state index contributed by atoms with van der Waals surface area (Å²) in [5.74, 6) is 0. The highest BCUT2D eigenvalue weighted by Gasteiger charge is 2.38. The molecular weight excluding hydrogens is 266 g/mol. The van der Waals surface area contributed by atoms with Gasteiger partial charge < -0.3 is 4.74 Å². The maximum absolute atomic E-state index is 5.21. The van der Waals surface area contributed by atoms with Crippen LogP contribution in [0.4, 0.5) is 0 Å². The molecule has 2 nitrogen and oxygen atoms in total. The van der Waals surface area contributed by atoms with Crippen molar-refractivity contribution in [2.75, 3.05) is 7.11 Å². The molecule has 3 heteroatoms. The van der Waals surface area contributed by atoms with Crippen molar-refractivity contribution >= 4 is 11.3 Å². The van der Waals surface area contributed by atoms with E-state index in [9.17, 15) is 0 Å². The fraction of sp³-hybridized carbons (Fsp3) is 0.471. The van der Waals surface area contributed by atoms with E-state index in [2.05, 4.69) is 35.7 Å². The highest BCUT2D eigenvalue weighted by molar-refractivity contribution is 7.09. The van der Waals surface area contributed by atoms with Crippen LogP contribution < -0.4 is 0 Å². The van der Waals surface area contributed by atoms with E-state index in [0.717, 1.165) is 5.69 Å². The predicted octanol–water partition coefficient (Wildman–Crippen LogP) is 4.54. The second-order valence-corrected chi connectivity index (χ2v) is 6.44. The first-order valence-electron chi connectivity index (χ1n) is 7.34. The number of benzene rings is 1. The van der Waals surface area contributed by atoms with Gasteiger partial charge in [-0.2, -0.15) is 0 Å². The van der Waals surface area contributed by atoms with E-state index in [1.165, 1.54) is 42.7 Å². The molecule has 1 fully saturated rings. The van der Waals surface area contributed by atoms with Crippen molar-refractivity contribution in [3.05, 3.63) is 52.0 Å². The Morgan fingerprint density at radius 2 is 1.90 bits per heavy atom. The van der Waals surface area contributed by atoms with E-state index in [1.807, 2.05) is 0 Å². The summed E-state index contributed by atoms with van der Waals surface area (Å²) in [6.45, 7) is 0.612. The molecule has 20 heavy (non-hydrogen) atoms. The summed E-state index contributed by atoms with van der Waals surface area (Å²) in [6.07, 6.45) is 6.39. The molecule has 0 spiro atoms. The molecule has 0 atom stereocenters. The van der Waals surface area contributed by atoms with E-state index in [0.29, 0.717) is 6.61 Å². The smallest absolute Gasteiger partial charge is 0.103 e. The average Bonchev–Trinajstić information content (AvgIpc) is 2.98. The molecule has 106 valence electrons. The Balaban J connectivity index is 2.00. The van der Waals surface area contributed by atoms with Gasteiger partial charge >= 0.3 is 0 Å². The minimum atomic E-state index is 0.135. The molecule has 0 aliphatic heterocycles. The zero-order valence-corrected chi connectivity index (χ0v) is 12.8. The third-order valence-corrected chi connectivity index (χ3v) is 5.38. The number of aromatic nitrogens is 1. The van der Waals surface area contributed by atoms with Gasteiger partial charge in [0.15, 0.2) is 0 Å². The maximum Gasteiger partial charge on any atom is 0.103 e. The SMILES string of the molecule is COCc1csc(C2(c3ccccc3)CCCCC2)n1. The second kappa shape index (κ2) is 6.06. The molecule has 0 radical (unpaired) electrons. The molecule has 1 aromatic heterocycles. The quantitative estimate of drug-likeness (QED) is 0.823.